The van der Waals surface area contributed by atoms with Crippen molar-refractivity contribution in [2.45, 2.75) is 249 Å². The molecule has 0 aromatic heterocycles. The van der Waals surface area contributed by atoms with Crippen LogP contribution in [0.3, 0.4) is 0 Å². The lowest BCUT2D eigenvalue weighted by Gasteiger charge is -2.34. The number of hydrogen-bond donors (Lipinski definition) is 15. The van der Waals surface area contributed by atoms with Gasteiger partial charge in [-0.05, 0) is 93.7 Å². The second-order valence-electron chi connectivity index (χ2n) is 27.2. The van der Waals surface area contributed by atoms with Gasteiger partial charge in [-0.3, -0.25) is 52.7 Å². The summed E-state index contributed by atoms with van der Waals surface area (Å²) < 4.78 is 17.1. The maximum absolute atomic E-state index is 14.7. The van der Waals surface area contributed by atoms with Gasteiger partial charge in [-0.1, -0.05) is 86.8 Å². The lowest BCUT2D eigenvalue weighted by Crippen LogP contribution is -2.62. The molecule has 4 fully saturated rings. The molecule has 5 rings (SSSR count). The van der Waals surface area contributed by atoms with Crippen molar-refractivity contribution in [1.29, 1.82) is 0 Å². The fourth-order valence-corrected chi connectivity index (χ4v) is 12.1. The van der Waals surface area contributed by atoms with Crippen LogP contribution in [0, 0.1) is 23.7 Å². The molecule has 16 N–H and O–H groups in total. The van der Waals surface area contributed by atoms with E-state index in [4.69, 9.17) is 19.9 Å². The second kappa shape index (κ2) is 38.7. The van der Waals surface area contributed by atoms with Crippen LogP contribution in [0.1, 0.15) is 151 Å². The van der Waals surface area contributed by atoms with Gasteiger partial charge in [0.25, 0.3) is 0 Å². The molecule has 98 heavy (non-hydrogen) atoms. The highest BCUT2D eigenvalue weighted by molar-refractivity contribution is 5.99. The van der Waals surface area contributed by atoms with Crippen LogP contribution in [0.25, 0.3) is 0 Å². The number of ether oxygens (including phenoxy) is 3. The van der Waals surface area contributed by atoms with Gasteiger partial charge in [-0.25, -0.2) is 4.79 Å². The Hall–Kier alpha value is -7.62. The summed E-state index contributed by atoms with van der Waals surface area (Å²) >= 11 is 0. The Bertz CT molecular complexity index is 2900. The Kier molecular flexibility index (Phi) is 32.0. The van der Waals surface area contributed by atoms with Gasteiger partial charge in [-0.15, -0.1) is 0 Å². The molecular weight excluding hydrogens is 1280 g/mol. The number of carbonyl (C=O) groups is 12. The number of amides is 11. The number of nitrogens with two attached hydrogens (primary N) is 1. The Morgan fingerprint density at radius 3 is 1.82 bits per heavy atom. The van der Waals surface area contributed by atoms with E-state index in [0.717, 1.165) is 12.8 Å². The van der Waals surface area contributed by atoms with Crippen molar-refractivity contribution in [2.75, 3.05) is 32.8 Å². The van der Waals surface area contributed by atoms with Crippen molar-refractivity contribution >= 4 is 70.9 Å². The van der Waals surface area contributed by atoms with Crippen molar-refractivity contribution in [1.82, 2.24) is 52.3 Å². The smallest absolute Gasteiger partial charge is 0.329 e. The molecule has 3 unspecified atom stereocenters. The molecule has 4 aliphatic heterocycles. The van der Waals surface area contributed by atoms with Gasteiger partial charge < -0.3 is 103 Å². The van der Waals surface area contributed by atoms with Gasteiger partial charge in [0.2, 0.25) is 71.3 Å². The van der Waals surface area contributed by atoms with E-state index in [1.54, 1.807) is 41.5 Å². The molecule has 4 aliphatic rings. The number of aliphatic hydroxyl groups excluding tert-OH is 6. The third-order valence-electron chi connectivity index (χ3n) is 17.8. The molecule has 32 nitrogen and oxygen atoms in total. The summed E-state index contributed by atoms with van der Waals surface area (Å²) in [5.74, 6) is -13.5. The monoisotopic (exact) mass is 1390 g/mol. The highest BCUT2D eigenvalue weighted by Crippen LogP contribution is 2.27. The molecule has 32 heteroatoms. The van der Waals surface area contributed by atoms with Gasteiger partial charge in [0.05, 0.1) is 37.9 Å². The van der Waals surface area contributed by atoms with E-state index in [1.807, 2.05) is 6.92 Å². The van der Waals surface area contributed by atoms with Gasteiger partial charge in [-0.2, -0.15) is 0 Å². The number of rotatable bonds is 20. The second-order valence-corrected chi connectivity index (χ2v) is 27.2. The van der Waals surface area contributed by atoms with Crippen molar-refractivity contribution in [3.8, 4) is 5.75 Å². The van der Waals surface area contributed by atoms with Crippen molar-refractivity contribution in [3.63, 3.8) is 0 Å². The summed E-state index contributed by atoms with van der Waals surface area (Å²) in [5, 5.41) is 84.2. The first-order valence-corrected chi connectivity index (χ1v) is 34.1. The van der Waals surface area contributed by atoms with Gasteiger partial charge >= 0.3 is 5.97 Å². The molecule has 0 saturated carbocycles. The van der Waals surface area contributed by atoms with E-state index >= 15 is 0 Å². The summed E-state index contributed by atoms with van der Waals surface area (Å²) in [6.45, 7) is 12.6. The van der Waals surface area contributed by atoms with Crippen LogP contribution in [0.15, 0.2) is 24.3 Å². The maximum atomic E-state index is 14.7. The molecule has 4 saturated heterocycles. The van der Waals surface area contributed by atoms with Crippen LogP contribution in [-0.2, 0) is 73.4 Å². The number of unbranched alkanes of at least 4 members (excludes halogenated alkanes) is 2. The molecule has 17 atom stereocenters. The quantitative estimate of drug-likeness (QED) is 0.0452. The fraction of sp³-hybridized carbons (Fsp3) is 0.727. The molecule has 4 heterocycles. The van der Waals surface area contributed by atoms with E-state index in [2.05, 4.69) is 42.5 Å². The van der Waals surface area contributed by atoms with Crippen LogP contribution in [-0.4, -0.2) is 242 Å². The number of aliphatic hydroxyl groups is 6. The van der Waals surface area contributed by atoms with E-state index in [0.29, 0.717) is 24.8 Å². The van der Waals surface area contributed by atoms with E-state index < -0.39 is 200 Å². The SMILES string of the molecule is CCCCCC(O)CC1OC(=O)[C@@H]2CCCN2C(=O)[C@H](CC(C)C)NC(=O)[C@H]([C@@H](C)O)NC(=O)[C@H](CC(C)C)NC(=O)[C@H](CO)NC(=O)[C@H](Cc2ccc(O[C@H]3OC[C@@H](O)[C@H](O)[C@H]3O)cc2)NC(=O)[C@H](C(C)C)NC(=O)[C@@H]2CCCN2C(=O)CNC(=O)[C@@H](CCC(N)=O)NC(=O)C1C. The molecule has 1 aromatic rings. The van der Waals surface area contributed by atoms with E-state index in [1.165, 1.54) is 47.9 Å². The van der Waals surface area contributed by atoms with Crippen LogP contribution in [0.2, 0.25) is 0 Å². The highest BCUT2D eigenvalue weighted by atomic mass is 16.7. The van der Waals surface area contributed by atoms with Crippen molar-refractivity contribution in [2.24, 2.45) is 29.4 Å². The predicted octanol–water partition coefficient (Wildman–Crippen LogP) is -3.18. The number of nitrogens with one attached hydrogen (secondary N) is 8. The molecular formula is C66H105N11O21. The van der Waals surface area contributed by atoms with Crippen molar-refractivity contribution in [3.05, 3.63) is 29.8 Å². The molecule has 0 radical (unpaired) electrons. The van der Waals surface area contributed by atoms with Crippen LogP contribution < -0.4 is 53.0 Å². The largest absolute Gasteiger partial charge is 0.462 e. The lowest BCUT2D eigenvalue weighted by molar-refractivity contribution is -0.242. The first kappa shape index (κ1) is 81.1. The normalized spacial score (nSPS) is 29.9. The summed E-state index contributed by atoms with van der Waals surface area (Å²) in [7, 11) is 0. The summed E-state index contributed by atoms with van der Waals surface area (Å²) in [6.07, 6.45) is -8.33. The fourth-order valence-electron chi connectivity index (χ4n) is 12.1. The number of benzene rings is 1. The number of cyclic esters (lactones) is 1. The topological polar surface area (TPSA) is 483 Å². The first-order chi connectivity index (χ1) is 46.2. The average molecular weight is 1390 g/mol. The molecule has 11 amide bonds. The third kappa shape index (κ3) is 23.8. The number of fused-ring (bicyclic) bond motifs is 2. The Balaban J connectivity index is 1.55. The van der Waals surface area contributed by atoms with Gasteiger partial charge in [0.15, 0.2) is 0 Å². The number of carbonyl (C=O) groups excluding carboxylic acids is 12. The summed E-state index contributed by atoms with van der Waals surface area (Å²) in [5.41, 5.74) is 5.84. The molecule has 550 valence electrons. The number of hydrogen-bond acceptors (Lipinski definition) is 21. The standard InChI is InChI=1S/C66H105N11O21/c1-10-11-12-15-39(80)29-49-36(8)56(86)69-41(22-23-50(67)82)57(87)68-30-51(83)76-24-13-16-46(76)61(91)74-52(35(6)7)62(92)71-43(28-38-18-20-40(21-19-38)97-66-55(85)54(84)48(81)32-96-66)58(88)73-45(31-78)60(90)70-42(26-33(2)3)59(89)75-53(37(9)79)63(93)72-44(27-34(4)5)64(94)77-25-14-17-47(77)65(95)98-49/h18-21,33-37,39,41-49,52-55,66,78-81,84-85H,10-17,22-32H2,1-9H3,(H2,67,82)(H,68,87)(H,69,86)(H,70,90)(H,71,92)(H,72,93)(H,73,88)(H,74,91)(H,75,89)/t36?,37-,39?,41-,42+,43+,44+,45+,46+,47+,48-,49?,52+,53+,54+,55-,66-/m1/s1. The number of nitrogens with zero attached hydrogens (tertiary/aromatic N) is 2. The van der Waals surface area contributed by atoms with Crippen LogP contribution in [0.4, 0.5) is 0 Å². The zero-order chi connectivity index (χ0) is 72.8. The Morgan fingerprint density at radius 2 is 1.20 bits per heavy atom. The van der Waals surface area contributed by atoms with E-state index in [-0.39, 0.29) is 88.6 Å². The highest BCUT2D eigenvalue weighted by Gasteiger charge is 2.45. The zero-order valence-corrected chi connectivity index (χ0v) is 57.6. The van der Waals surface area contributed by atoms with Gasteiger partial charge in [0, 0.05) is 32.4 Å². The first-order valence-electron chi connectivity index (χ1n) is 34.1. The van der Waals surface area contributed by atoms with Crippen molar-refractivity contribution < 1.29 is 102 Å². The number of esters is 1. The Morgan fingerprint density at radius 1 is 0.643 bits per heavy atom. The summed E-state index contributed by atoms with van der Waals surface area (Å²) in [4.78, 5) is 173. The van der Waals surface area contributed by atoms with Crippen LogP contribution in [0.5, 0.6) is 5.75 Å². The molecule has 0 aliphatic carbocycles. The predicted molar refractivity (Wildman–Crippen MR) is 349 cm³/mol. The summed E-state index contributed by atoms with van der Waals surface area (Å²) in [6, 6.07) is -7.68. The minimum Gasteiger partial charge on any atom is -0.462 e. The molecule has 1 aromatic carbocycles. The third-order valence-corrected chi connectivity index (χ3v) is 17.8. The minimum absolute atomic E-state index is 0.00700. The average Bonchev–Trinajstić information content (AvgIpc) is 1.53. The molecule has 0 bridgehead atoms. The number of primary amides is 1. The van der Waals surface area contributed by atoms with Crippen LogP contribution >= 0.6 is 0 Å². The lowest BCUT2D eigenvalue weighted by atomic mass is 9.95. The zero-order valence-electron chi connectivity index (χ0n) is 57.6. The Labute approximate surface area is 571 Å². The van der Waals surface area contributed by atoms with E-state index in [9.17, 15) is 88.2 Å². The maximum Gasteiger partial charge on any atom is 0.329 e. The minimum atomic E-state index is -1.82. The molecule has 0 spiro atoms. The van der Waals surface area contributed by atoms with Gasteiger partial charge in [0.1, 0.15) is 84.5 Å².